The lowest BCUT2D eigenvalue weighted by atomic mass is 10.1. The van der Waals surface area contributed by atoms with Gasteiger partial charge in [0.25, 0.3) is 5.91 Å². The van der Waals surface area contributed by atoms with Crippen molar-refractivity contribution in [2.75, 3.05) is 0 Å². The highest BCUT2D eigenvalue weighted by molar-refractivity contribution is 7.14. The Balaban J connectivity index is 2.05. The predicted molar refractivity (Wildman–Crippen MR) is 102 cm³/mol. The third-order valence-corrected chi connectivity index (χ3v) is 5.92. The van der Waals surface area contributed by atoms with Crippen LogP contribution in [0, 0.1) is 50.4 Å². The number of aromatic nitrogens is 1. The van der Waals surface area contributed by atoms with E-state index in [0.29, 0.717) is 5.56 Å². The van der Waals surface area contributed by atoms with E-state index in [4.69, 9.17) is 0 Å². The van der Waals surface area contributed by atoms with E-state index in [9.17, 15) is 15.3 Å². The number of carbonyl (C=O) groups is 1. The Morgan fingerprint density at radius 2 is 2.00 bits per heavy atom. The van der Waals surface area contributed by atoms with Crippen LogP contribution in [-0.2, 0) is 4.79 Å². The summed E-state index contributed by atoms with van der Waals surface area (Å²) < 4.78 is 2.03. The van der Waals surface area contributed by atoms with Crippen LogP contribution in [0.1, 0.15) is 45.8 Å². The lowest BCUT2D eigenvalue weighted by molar-refractivity contribution is -0.117. The minimum atomic E-state index is -0.319. The van der Waals surface area contributed by atoms with Gasteiger partial charge in [-0.3, -0.25) is 4.79 Å². The van der Waals surface area contributed by atoms with E-state index in [-0.39, 0.29) is 17.5 Å². The van der Waals surface area contributed by atoms with Crippen LogP contribution in [0.3, 0.4) is 0 Å². The summed E-state index contributed by atoms with van der Waals surface area (Å²) in [5.74, 6) is -0.319. The van der Waals surface area contributed by atoms with Crippen molar-refractivity contribution in [2.24, 2.45) is 0 Å². The van der Waals surface area contributed by atoms with E-state index < -0.39 is 0 Å². The zero-order valence-corrected chi connectivity index (χ0v) is 16.1. The van der Waals surface area contributed by atoms with E-state index in [2.05, 4.69) is 11.4 Å². The number of amides is 1. The Hall–Kier alpha value is -2.83. The molecule has 2 aromatic heterocycles. The molecule has 0 bridgehead atoms. The largest absolute Gasteiger partial charge is 0.349 e. The molecule has 1 N–H and O–H groups in total. The average molecular weight is 364 g/mol. The Morgan fingerprint density at radius 3 is 2.58 bits per heavy atom. The predicted octanol–water partition coefficient (Wildman–Crippen LogP) is 3.83. The number of rotatable bonds is 4. The molecule has 1 fully saturated rings. The van der Waals surface area contributed by atoms with Crippen LogP contribution in [0.15, 0.2) is 11.6 Å². The number of nitrogens with zero attached hydrogens (tertiary/aromatic N) is 3. The first-order valence-electron chi connectivity index (χ1n) is 8.49. The highest BCUT2D eigenvalue weighted by Crippen LogP contribution is 2.34. The molecular formula is C20H20N4OS. The standard InChI is InChI=1S/C20H20N4OS/c1-11-7-15(8-16(9-21)19(25)23-17-5-6-17)13(3)24(11)20-18(10-22)12(2)14(4)26-20/h7-8,17H,5-6H2,1-4H3,(H,23,25)/b16-8+. The molecule has 2 aromatic rings. The number of nitrogens with one attached hydrogen (secondary N) is 1. The fourth-order valence-electron chi connectivity index (χ4n) is 2.94. The van der Waals surface area contributed by atoms with Gasteiger partial charge in [0.05, 0.1) is 5.56 Å². The first kappa shape index (κ1) is 18.0. The summed E-state index contributed by atoms with van der Waals surface area (Å²) in [5.41, 5.74) is 4.47. The molecule has 26 heavy (non-hydrogen) atoms. The first-order valence-corrected chi connectivity index (χ1v) is 9.31. The van der Waals surface area contributed by atoms with Gasteiger partial charge in [-0.15, -0.1) is 11.3 Å². The molecule has 1 aliphatic carbocycles. The Labute approximate surface area is 157 Å². The van der Waals surface area contributed by atoms with Crippen LogP contribution in [0.25, 0.3) is 11.1 Å². The molecular weight excluding hydrogens is 344 g/mol. The van der Waals surface area contributed by atoms with Crippen molar-refractivity contribution >= 4 is 23.3 Å². The zero-order chi connectivity index (χ0) is 19.0. The van der Waals surface area contributed by atoms with E-state index >= 15 is 0 Å². The number of carbonyl (C=O) groups excluding carboxylic acids is 1. The molecule has 0 radical (unpaired) electrons. The van der Waals surface area contributed by atoms with Gasteiger partial charge in [-0.1, -0.05) is 0 Å². The Kier molecular flexibility index (Phi) is 4.71. The average Bonchev–Trinajstić information content (AvgIpc) is 3.31. The Bertz CT molecular complexity index is 1010. The third-order valence-electron chi connectivity index (χ3n) is 4.73. The molecule has 0 spiro atoms. The second kappa shape index (κ2) is 6.82. The molecule has 6 heteroatoms. The van der Waals surface area contributed by atoms with Crippen LogP contribution >= 0.6 is 11.3 Å². The van der Waals surface area contributed by atoms with Gasteiger partial charge in [-0.05, 0) is 63.8 Å². The van der Waals surface area contributed by atoms with Crippen molar-refractivity contribution in [3.05, 3.63) is 44.6 Å². The topological polar surface area (TPSA) is 81.6 Å². The fourth-order valence-corrected chi connectivity index (χ4v) is 4.16. The molecule has 0 unspecified atom stereocenters. The van der Waals surface area contributed by atoms with Crippen molar-refractivity contribution in [3.8, 4) is 17.1 Å². The van der Waals surface area contributed by atoms with Gasteiger partial charge in [0.2, 0.25) is 0 Å². The van der Waals surface area contributed by atoms with Crippen molar-refractivity contribution in [2.45, 2.75) is 46.6 Å². The molecule has 1 saturated carbocycles. The van der Waals surface area contributed by atoms with E-state index in [1.165, 1.54) is 0 Å². The van der Waals surface area contributed by atoms with Gasteiger partial charge in [0.15, 0.2) is 0 Å². The number of hydrogen-bond acceptors (Lipinski definition) is 4. The molecule has 0 aliphatic heterocycles. The lowest BCUT2D eigenvalue weighted by Gasteiger charge is -2.08. The maximum absolute atomic E-state index is 12.2. The van der Waals surface area contributed by atoms with Crippen LogP contribution in [-0.4, -0.2) is 16.5 Å². The number of nitriles is 2. The summed E-state index contributed by atoms with van der Waals surface area (Å²) in [7, 11) is 0. The summed E-state index contributed by atoms with van der Waals surface area (Å²) in [6.45, 7) is 7.87. The highest BCUT2D eigenvalue weighted by Gasteiger charge is 2.25. The SMILES string of the molecule is Cc1sc(-n2c(C)cc(/C=C(\C#N)C(=O)NC3CC3)c2C)c(C#N)c1C. The quantitative estimate of drug-likeness (QED) is 0.661. The Morgan fingerprint density at radius 1 is 1.31 bits per heavy atom. The van der Waals surface area contributed by atoms with Gasteiger partial charge < -0.3 is 9.88 Å². The maximum Gasteiger partial charge on any atom is 0.262 e. The van der Waals surface area contributed by atoms with Crippen LogP contribution in [0.2, 0.25) is 0 Å². The fraction of sp³-hybridized carbons (Fsp3) is 0.350. The molecule has 132 valence electrons. The van der Waals surface area contributed by atoms with Crippen molar-refractivity contribution < 1.29 is 4.79 Å². The van der Waals surface area contributed by atoms with Crippen molar-refractivity contribution in [1.82, 2.24) is 9.88 Å². The van der Waals surface area contributed by atoms with Crippen LogP contribution < -0.4 is 5.32 Å². The molecule has 1 amide bonds. The molecule has 0 aromatic carbocycles. The van der Waals surface area contributed by atoms with Crippen molar-refractivity contribution in [1.29, 1.82) is 10.5 Å². The number of hydrogen-bond donors (Lipinski definition) is 1. The van der Waals surface area contributed by atoms with Gasteiger partial charge in [-0.2, -0.15) is 10.5 Å². The molecule has 5 nitrogen and oxygen atoms in total. The van der Waals surface area contributed by atoms with Crippen LogP contribution in [0.5, 0.6) is 0 Å². The lowest BCUT2D eigenvalue weighted by Crippen LogP contribution is -2.26. The highest BCUT2D eigenvalue weighted by atomic mass is 32.1. The monoisotopic (exact) mass is 364 g/mol. The van der Waals surface area contributed by atoms with E-state index in [0.717, 1.165) is 45.2 Å². The molecule has 3 rings (SSSR count). The molecule has 0 atom stereocenters. The molecule has 1 aliphatic rings. The smallest absolute Gasteiger partial charge is 0.262 e. The minimum Gasteiger partial charge on any atom is -0.349 e. The maximum atomic E-state index is 12.2. The van der Waals surface area contributed by atoms with Gasteiger partial charge in [-0.25, -0.2) is 0 Å². The van der Waals surface area contributed by atoms with Crippen LogP contribution in [0.4, 0.5) is 0 Å². The van der Waals surface area contributed by atoms with E-state index in [1.807, 2.05) is 44.4 Å². The summed E-state index contributed by atoms with van der Waals surface area (Å²) in [5, 5.41) is 22.7. The third kappa shape index (κ3) is 3.16. The molecule has 0 saturated heterocycles. The number of thiophene rings is 1. The van der Waals surface area contributed by atoms with Gasteiger partial charge in [0, 0.05) is 22.3 Å². The summed E-state index contributed by atoms with van der Waals surface area (Å²) >= 11 is 1.58. The number of aryl methyl sites for hydroxylation is 2. The van der Waals surface area contributed by atoms with Crippen molar-refractivity contribution in [3.63, 3.8) is 0 Å². The summed E-state index contributed by atoms with van der Waals surface area (Å²) in [6, 6.07) is 6.47. The zero-order valence-electron chi connectivity index (χ0n) is 15.3. The second-order valence-corrected chi connectivity index (χ2v) is 7.86. The minimum absolute atomic E-state index is 0.108. The summed E-state index contributed by atoms with van der Waals surface area (Å²) in [6.07, 6.45) is 3.59. The normalized spacial score (nSPS) is 14.0. The molecule has 2 heterocycles. The summed E-state index contributed by atoms with van der Waals surface area (Å²) in [4.78, 5) is 13.3. The van der Waals surface area contributed by atoms with Gasteiger partial charge >= 0.3 is 0 Å². The second-order valence-electron chi connectivity index (χ2n) is 6.65. The first-order chi connectivity index (χ1) is 12.4. The van der Waals surface area contributed by atoms with Gasteiger partial charge in [0.1, 0.15) is 22.7 Å². The van der Waals surface area contributed by atoms with E-state index in [1.54, 1.807) is 17.4 Å².